The molecule has 0 aliphatic heterocycles. The van der Waals surface area contributed by atoms with Gasteiger partial charge in [0.2, 0.25) is 0 Å². The molecule has 0 spiro atoms. The molecule has 0 saturated carbocycles. The Kier molecular flexibility index (Phi) is 3.98. The number of nitrogens with zero attached hydrogens (tertiary/aromatic N) is 1. The van der Waals surface area contributed by atoms with Crippen LogP contribution >= 0.6 is 34.8 Å². The summed E-state index contributed by atoms with van der Waals surface area (Å²) in [5.74, 6) is 0. The van der Waals surface area contributed by atoms with Crippen LogP contribution in [0, 0.1) is 11.3 Å². The van der Waals surface area contributed by atoms with Crippen LogP contribution in [0.3, 0.4) is 0 Å². The van der Waals surface area contributed by atoms with Crippen molar-refractivity contribution < 1.29 is 0 Å². The van der Waals surface area contributed by atoms with Gasteiger partial charge in [-0.05, 0) is 30.3 Å². The fourth-order valence-electron chi connectivity index (χ4n) is 1.47. The number of nitrogens with one attached hydrogen (secondary N) is 1. The number of halogens is 3. The van der Waals surface area contributed by atoms with E-state index in [1.165, 1.54) is 0 Å². The van der Waals surface area contributed by atoms with Crippen LogP contribution in [-0.2, 0) is 0 Å². The fraction of sp³-hybridized carbons (Fsp3) is 0. The Hall–Kier alpha value is -1.40. The number of hydrogen-bond acceptors (Lipinski definition) is 2. The summed E-state index contributed by atoms with van der Waals surface area (Å²) in [5.41, 5.74) is 1.76. The van der Waals surface area contributed by atoms with Gasteiger partial charge in [-0.2, -0.15) is 5.26 Å². The second kappa shape index (κ2) is 5.49. The van der Waals surface area contributed by atoms with Crippen molar-refractivity contribution >= 4 is 46.2 Å². The zero-order chi connectivity index (χ0) is 13.1. The molecule has 5 heteroatoms. The Morgan fingerprint density at radius 1 is 0.944 bits per heavy atom. The van der Waals surface area contributed by atoms with Crippen LogP contribution in [0.2, 0.25) is 15.1 Å². The maximum Gasteiger partial charge on any atom is 0.103 e. The summed E-state index contributed by atoms with van der Waals surface area (Å²) in [4.78, 5) is 0. The summed E-state index contributed by atoms with van der Waals surface area (Å²) in [7, 11) is 0. The van der Waals surface area contributed by atoms with Crippen LogP contribution in [0.25, 0.3) is 0 Å². The summed E-state index contributed by atoms with van der Waals surface area (Å²) < 4.78 is 0. The van der Waals surface area contributed by atoms with Crippen molar-refractivity contribution in [2.75, 3.05) is 5.32 Å². The highest BCUT2D eigenvalue weighted by Crippen LogP contribution is 2.30. The average molecular weight is 298 g/mol. The largest absolute Gasteiger partial charge is 0.354 e. The lowest BCUT2D eigenvalue weighted by molar-refractivity contribution is 1.46. The molecule has 0 saturated heterocycles. The minimum Gasteiger partial charge on any atom is -0.354 e. The maximum atomic E-state index is 9.05. The fourth-order valence-corrected chi connectivity index (χ4v) is 1.99. The Morgan fingerprint density at radius 2 is 1.72 bits per heavy atom. The lowest BCUT2D eigenvalue weighted by Gasteiger charge is -2.09. The van der Waals surface area contributed by atoms with Crippen LogP contribution in [0.1, 0.15) is 5.56 Å². The molecule has 2 rings (SSSR count). The first kappa shape index (κ1) is 13.0. The van der Waals surface area contributed by atoms with Crippen molar-refractivity contribution in [3.63, 3.8) is 0 Å². The summed E-state index contributed by atoms with van der Waals surface area (Å²) in [6.45, 7) is 0. The van der Waals surface area contributed by atoms with Gasteiger partial charge in [0.25, 0.3) is 0 Å². The van der Waals surface area contributed by atoms with E-state index in [0.29, 0.717) is 26.3 Å². The lowest BCUT2D eigenvalue weighted by Crippen LogP contribution is -1.94. The minimum atomic E-state index is 0.394. The Balaban J connectivity index is 2.37. The molecule has 0 aromatic heterocycles. The van der Waals surface area contributed by atoms with Gasteiger partial charge in [0.05, 0.1) is 26.3 Å². The standard InChI is InChI=1S/C13H7Cl3N2/c14-10-2-1-3-13(9(10)7-17)18-8-4-5-11(15)12(16)6-8/h1-6,18H. The third-order valence-corrected chi connectivity index (χ3v) is 3.38. The van der Waals surface area contributed by atoms with E-state index in [1.54, 1.807) is 36.4 Å². The molecule has 0 heterocycles. The molecule has 2 aromatic carbocycles. The van der Waals surface area contributed by atoms with Crippen molar-refractivity contribution in [2.45, 2.75) is 0 Å². The molecule has 0 unspecified atom stereocenters. The summed E-state index contributed by atoms with van der Waals surface area (Å²) in [5, 5.41) is 13.5. The van der Waals surface area contributed by atoms with E-state index in [-0.39, 0.29) is 0 Å². The molecule has 2 nitrogen and oxygen atoms in total. The monoisotopic (exact) mass is 296 g/mol. The molecule has 18 heavy (non-hydrogen) atoms. The highest BCUT2D eigenvalue weighted by Gasteiger charge is 2.07. The van der Waals surface area contributed by atoms with Gasteiger partial charge in [-0.15, -0.1) is 0 Å². The number of hydrogen-bond donors (Lipinski definition) is 1. The van der Waals surface area contributed by atoms with Crippen LogP contribution < -0.4 is 5.32 Å². The number of benzene rings is 2. The van der Waals surface area contributed by atoms with Crippen molar-refractivity contribution in [2.24, 2.45) is 0 Å². The quantitative estimate of drug-likeness (QED) is 0.820. The topological polar surface area (TPSA) is 35.8 Å². The Morgan fingerprint density at radius 3 is 2.39 bits per heavy atom. The zero-order valence-electron chi connectivity index (χ0n) is 9.05. The van der Waals surface area contributed by atoms with Crippen molar-refractivity contribution in [3.8, 4) is 6.07 Å². The minimum absolute atomic E-state index is 0.394. The van der Waals surface area contributed by atoms with Gasteiger partial charge < -0.3 is 5.32 Å². The average Bonchev–Trinajstić information content (AvgIpc) is 2.34. The van der Waals surface area contributed by atoms with Gasteiger partial charge in [0, 0.05) is 5.69 Å². The van der Waals surface area contributed by atoms with Crippen LogP contribution in [0.5, 0.6) is 0 Å². The highest BCUT2D eigenvalue weighted by molar-refractivity contribution is 6.42. The summed E-state index contributed by atoms with van der Waals surface area (Å²) >= 11 is 17.7. The Labute approximate surface area is 120 Å². The second-order valence-corrected chi connectivity index (χ2v) is 4.75. The molecule has 0 fully saturated rings. The molecule has 0 bridgehead atoms. The van der Waals surface area contributed by atoms with E-state index < -0.39 is 0 Å². The van der Waals surface area contributed by atoms with Gasteiger partial charge in [-0.3, -0.25) is 0 Å². The van der Waals surface area contributed by atoms with Crippen LogP contribution in [-0.4, -0.2) is 0 Å². The maximum absolute atomic E-state index is 9.05. The number of nitriles is 1. The second-order valence-electron chi connectivity index (χ2n) is 3.53. The van der Waals surface area contributed by atoms with Crippen molar-refractivity contribution in [1.29, 1.82) is 5.26 Å². The highest BCUT2D eigenvalue weighted by atomic mass is 35.5. The van der Waals surface area contributed by atoms with E-state index in [2.05, 4.69) is 11.4 Å². The molecule has 0 amide bonds. The Bertz CT molecular complexity index is 633. The third kappa shape index (κ3) is 2.70. The van der Waals surface area contributed by atoms with Gasteiger partial charge in [0.1, 0.15) is 6.07 Å². The predicted octanol–water partition coefficient (Wildman–Crippen LogP) is 5.26. The molecule has 0 radical (unpaired) electrons. The number of anilines is 2. The van der Waals surface area contributed by atoms with Crippen molar-refractivity contribution in [3.05, 3.63) is 57.0 Å². The zero-order valence-corrected chi connectivity index (χ0v) is 11.3. The molecule has 2 aromatic rings. The van der Waals surface area contributed by atoms with Gasteiger partial charge in [-0.1, -0.05) is 40.9 Å². The third-order valence-electron chi connectivity index (χ3n) is 2.32. The summed E-state index contributed by atoms with van der Waals surface area (Å²) in [6.07, 6.45) is 0. The van der Waals surface area contributed by atoms with Gasteiger partial charge in [0.15, 0.2) is 0 Å². The first-order valence-electron chi connectivity index (χ1n) is 5.02. The molecule has 0 aliphatic carbocycles. The lowest BCUT2D eigenvalue weighted by atomic mass is 10.2. The normalized spacial score (nSPS) is 9.89. The van der Waals surface area contributed by atoms with E-state index in [1.807, 2.05) is 0 Å². The van der Waals surface area contributed by atoms with E-state index in [4.69, 9.17) is 40.1 Å². The van der Waals surface area contributed by atoms with Crippen LogP contribution in [0.4, 0.5) is 11.4 Å². The summed E-state index contributed by atoms with van der Waals surface area (Å²) in [6, 6.07) is 12.4. The molecular formula is C13H7Cl3N2. The molecular weight excluding hydrogens is 291 g/mol. The van der Waals surface area contributed by atoms with E-state index in [9.17, 15) is 0 Å². The van der Waals surface area contributed by atoms with E-state index >= 15 is 0 Å². The van der Waals surface area contributed by atoms with Crippen LogP contribution in [0.15, 0.2) is 36.4 Å². The SMILES string of the molecule is N#Cc1c(Cl)cccc1Nc1ccc(Cl)c(Cl)c1. The van der Waals surface area contributed by atoms with Crippen molar-refractivity contribution in [1.82, 2.24) is 0 Å². The molecule has 1 N–H and O–H groups in total. The first-order chi connectivity index (χ1) is 8.61. The van der Waals surface area contributed by atoms with Gasteiger partial charge in [-0.25, -0.2) is 0 Å². The first-order valence-corrected chi connectivity index (χ1v) is 6.16. The number of rotatable bonds is 2. The smallest absolute Gasteiger partial charge is 0.103 e. The molecule has 90 valence electrons. The molecule has 0 atom stereocenters. The predicted molar refractivity (Wildman–Crippen MR) is 75.9 cm³/mol. The molecule has 0 aliphatic rings. The van der Waals surface area contributed by atoms with E-state index in [0.717, 1.165) is 5.69 Å². The van der Waals surface area contributed by atoms with Gasteiger partial charge >= 0.3 is 0 Å².